The van der Waals surface area contributed by atoms with E-state index >= 15 is 0 Å². The summed E-state index contributed by atoms with van der Waals surface area (Å²) in [5.41, 5.74) is 6.46. The molecule has 1 rings (SSSR count). The molecule has 0 saturated carbocycles. The highest BCUT2D eigenvalue weighted by Gasteiger charge is 2.20. The van der Waals surface area contributed by atoms with Gasteiger partial charge in [-0.2, -0.15) is 0 Å². The fourth-order valence-corrected chi connectivity index (χ4v) is 1.99. The number of nitrogens with two attached hydrogens (primary N) is 1. The van der Waals surface area contributed by atoms with Gasteiger partial charge in [0.1, 0.15) is 0 Å². The van der Waals surface area contributed by atoms with Crippen LogP contribution in [0, 0.1) is 15.4 Å². The summed E-state index contributed by atoms with van der Waals surface area (Å²) in [4.78, 5) is 11.9. The number of halogens is 1. The largest absolute Gasteiger partial charge is 0.330 e. The van der Waals surface area contributed by atoms with Crippen LogP contribution in [0.4, 0.5) is 5.69 Å². The van der Waals surface area contributed by atoms with Crippen molar-refractivity contribution in [3.05, 3.63) is 27.8 Å². The molecule has 3 nitrogen and oxygen atoms in total. The molecular weight excluding hydrogens is 315 g/mol. The first-order valence-corrected chi connectivity index (χ1v) is 6.39. The lowest BCUT2D eigenvalue weighted by Crippen LogP contribution is -2.33. The van der Waals surface area contributed by atoms with E-state index < -0.39 is 0 Å². The van der Waals surface area contributed by atoms with Crippen molar-refractivity contribution in [1.82, 2.24) is 0 Å². The fraction of sp³-hybridized carbons (Fsp3) is 0.417. The zero-order valence-corrected chi connectivity index (χ0v) is 11.7. The molecule has 0 aliphatic rings. The van der Waals surface area contributed by atoms with Gasteiger partial charge in [-0.15, -0.1) is 0 Å². The van der Waals surface area contributed by atoms with E-state index in [9.17, 15) is 4.79 Å². The Morgan fingerprint density at radius 1 is 1.44 bits per heavy atom. The van der Waals surface area contributed by atoms with Gasteiger partial charge < -0.3 is 11.1 Å². The molecule has 0 spiro atoms. The van der Waals surface area contributed by atoms with Crippen molar-refractivity contribution in [3.63, 3.8) is 0 Å². The molecule has 4 heteroatoms. The smallest absolute Gasteiger partial charge is 0.229 e. The summed E-state index contributed by atoms with van der Waals surface area (Å²) in [6.07, 6.45) is 0. The van der Waals surface area contributed by atoms with Crippen molar-refractivity contribution in [3.8, 4) is 0 Å². The van der Waals surface area contributed by atoms with Gasteiger partial charge in [0.15, 0.2) is 0 Å². The van der Waals surface area contributed by atoms with E-state index in [1.807, 2.05) is 38.1 Å². The molecule has 0 aromatic heterocycles. The molecule has 0 aliphatic heterocycles. The number of para-hydroxylation sites is 1. The predicted molar refractivity (Wildman–Crippen MR) is 75.2 cm³/mol. The lowest BCUT2D eigenvalue weighted by Gasteiger charge is -2.18. The number of carbonyl (C=O) groups is 1. The second kappa shape index (κ2) is 6.20. The minimum absolute atomic E-state index is 0.00150. The van der Waals surface area contributed by atoms with Crippen LogP contribution in [0.25, 0.3) is 0 Å². The summed E-state index contributed by atoms with van der Waals surface area (Å²) in [7, 11) is 0. The average molecular weight is 332 g/mol. The van der Waals surface area contributed by atoms with E-state index in [0.29, 0.717) is 6.54 Å². The monoisotopic (exact) mass is 332 g/mol. The number of nitrogens with one attached hydrogen (secondary N) is 1. The molecule has 16 heavy (non-hydrogen) atoms. The first kappa shape index (κ1) is 13.4. The van der Waals surface area contributed by atoms with Crippen LogP contribution in [0.2, 0.25) is 0 Å². The molecule has 0 radical (unpaired) electrons. The number of amides is 1. The highest BCUT2D eigenvalue weighted by molar-refractivity contribution is 14.1. The second-order valence-electron chi connectivity index (χ2n) is 4.06. The standard InChI is InChI=1S/C12H17IN2O/c1-8(2)9(7-14)12(16)15-11-6-4-3-5-10(11)13/h3-6,8-9H,7,14H2,1-2H3,(H,15,16). The third-order valence-electron chi connectivity index (χ3n) is 2.53. The summed E-state index contributed by atoms with van der Waals surface area (Å²) in [6.45, 7) is 4.40. The van der Waals surface area contributed by atoms with Crippen LogP contribution in [0.5, 0.6) is 0 Å². The maximum Gasteiger partial charge on any atom is 0.229 e. The Morgan fingerprint density at radius 3 is 2.56 bits per heavy atom. The number of rotatable bonds is 4. The molecular formula is C12H17IN2O. The van der Waals surface area contributed by atoms with E-state index in [1.165, 1.54) is 0 Å². The van der Waals surface area contributed by atoms with E-state index in [2.05, 4.69) is 27.9 Å². The number of anilines is 1. The Labute approximate surface area is 110 Å². The van der Waals surface area contributed by atoms with E-state index in [0.717, 1.165) is 9.26 Å². The van der Waals surface area contributed by atoms with Gasteiger partial charge in [-0.1, -0.05) is 26.0 Å². The first-order chi connectivity index (χ1) is 7.56. The zero-order chi connectivity index (χ0) is 12.1. The SMILES string of the molecule is CC(C)C(CN)C(=O)Nc1ccccc1I. The molecule has 88 valence electrons. The summed E-state index contributed by atoms with van der Waals surface area (Å²) in [6, 6.07) is 7.71. The number of benzene rings is 1. The second-order valence-corrected chi connectivity index (χ2v) is 5.22. The number of carbonyl (C=O) groups excluding carboxylic acids is 1. The molecule has 0 fully saturated rings. The minimum Gasteiger partial charge on any atom is -0.330 e. The maximum atomic E-state index is 11.9. The summed E-state index contributed by atoms with van der Waals surface area (Å²) < 4.78 is 1.04. The summed E-state index contributed by atoms with van der Waals surface area (Å²) in [5.74, 6) is 0.129. The van der Waals surface area contributed by atoms with E-state index in [-0.39, 0.29) is 17.7 Å². The lowest BCUT2D eigenvalue weighted by atomic mass is 9.95. The molecule has 1 aromatic carbocycles. The predicted octanol–water partition coefficient (Wildman–Crippen LogP) is 2.46. The lowest BCUT2D eigenvalue weighted by molar-refractivity contribution is -0.120. The highest BCUT2D eigenvalue weighted by Crippen LogP contribution is 2.19. The van der Waals surface area contributed by atoms with Crippen LogP contribution in [-0.4, -0.2) is 12.5 Å². The average Bonchev–Trinajstić information content (AvgIpc) is 2.22. The molecule has 1 aromatic rings. The highest BCUT2D eigenvalue weighted by atomic mass is 127. The van der Waals surface area contributed by atoms with Crippen LogP contribution in [-0.2, 0) is 4.79 Å². The maximum absolute atomic E-state index is 11.9. The normalized spacial score (nSPS) is 12.6. The van der Waals surface area contributed by atoms with Crippen molar-refractivity contribution in [1.29, 1.82) is 0 Å². The van der Waals surface area contributed by atoms with Crippen LogP contribution >= 0.6 is 22.6 Å². The van der Waals surface area contributed by atoms with Gasteiger partial charge in [0.2, 0.25) is 5.91 Å². The summed E-state index contributed by atoms with van der Waals surface area (Å²) in [5, 5.41) is 2.92. The molecule has 0 bridgehead atoms. The van der Waals surface area contributed by atoms with Crippen molar-refractivity contribution in [2.24, 2.45) is 17.6 Å². The van der Waals surface area contributed by atoms with E-state index in [4.69, 9.17) is 5.73 Å². The van der Waals surface area contributed by atoms with Gasteiger partial charge in [0, 0.05) is 10.1 Å². The van der Waals surface area contributed by atoms with Crippen LogP contribution < -0.4 is 11.1 Å². The van der Waals surface area contributed by atoms with Crippen LogP contribution in [0.1, 0.15) is 13.8 Å². The van der Waals surface area contributed by atoms with Crippen LogP contribution in [0.15, 0.2) is 24.3 Å². The Morgan fingerprint density at radius 2 is 2.06 bits per heavy atom. The van der Waals surface area contributed by atoms with Gasteiger partial charge in [-0.25, -0.2) is 0 Å². The molecule has 0 aliphatic carbocycles. The quantitative estimate of drug-likeness (QED) is 0.833. The third kappa shape index (κ3) is 3.45. The third-order valence-corrected chi connectivity index (χ3v) is 3.47. The Bertz CT molecular complexity index is 366. The van der Waals surface area contributed by atoms with Crippen molar-refractivity contribution in [2.45, 2.75) is 13.8 Å². The summed E-state index contributed by atoms with van der Waals surface area (Å²) >= 11 is 2.20. The fourth-order valence-electron chi connectivity index (χ4n) is 1.47. The number of hydrogen-bond donors (Lipinski definition) is 2. The molecule has 3 N–H and O–H groups in total. The van der Waals surface area contributed by atoms with Gasteiger partial charge >= 0.3 is 0 Å². The van der Waals surface area contributed by atoms with Gasteiger partial charge in [0.05, 0.1) is 11.6 Å². The zero-order valence-electron chi connectivity index (χ0n) is 9.53. The van der Waals surface area contributed by atoms with Gasteiger partial charge in [-0.05, 0) is 40.6 Å². The molecule has 0 heterocycles. The molecule has 0 saturated heterocycles. The Hall–Kier alpha value is -0.620. The Kier molecular flexibility index (Phi) is 5.21. The van der Waals surface area contributed by atoms with Crippen molar-refractivity contribution < 1.29 is 4.79 Å². The topological polar surface area (TPSA) is 55.1 Å². The van der Waals surface area contributed by atoms with Crippen molar-refractivity contribution >= 4 is 34.2 Å². The molecule has 1 atom stereocenters. The first-order valence-electron chi connectivity index (χ1n) is 5.31. The van der Waals surface area contributed by atoms with E-state index in [1.54, 1.807) is 0 Å². The minimum atomic E-state index is -0.129. The Balaban J connectivity index is 2.74. The van der Waals surface area contributed by atoms with Gasteiger partial charge in [0.25, 0.3) is 0 Å². The number of hydrogen-bond acceptors (Lipinski definition) is 2. The molecule has 1 unspecified atom stereocenters. The van der Waals surface area contributed by atoms with Crippen LogP contribution in [0.3, 0.4) is 0 Å². The van der Waals surface area contributed by atoms with Crippen molar-refractivity contribution in [2.75, 3.05) is 11.9 Å². The molecule has 1 amide bonds. The van der Waals surface area contributed by atoms with Gasteiger partial charge in [-0.3, -0.25) is 4.79 Å².